The summed E-state index contributed by atoms with van der Waals surface area (Å²) in [6.07, 6.45) is 6.79. The molecule has 1 saturated carbocycles. The normalized spacial score (nSPS) is 26.0. The molecule has 0 spiro atoms. The van der Waals surface area contributed by atoms with Crippen LogP contribution in [-0.2, 0) is 16.1 Å². The van der Waals surface area contributed by atoms with Gasteiger partial charge in [0.25, 0.3) is 0 Å². The molecule has 0 radical (unpaired) electrons. The second-order valence-corrected chi connectivity index (χ2v) is 8.02. The van der Waals surface area contributed by atoms with E-state index in [4.69, 9.17) is 29.2 Å². The van der Waals surface area contributed by atoms with E-state index in [1.807, 2.05) is 17.6 Å². The zero-order valence-corrected chi connectivity index (χ0v) is 16.5. The predicted octanol–water partition coefficient (Wildman–Crippen LogP) is 5.06. The van der Waals surface area contributed by atoms with Gasteiger partial charge in [-0.05, 0) is 62.7 Å². The van der Waals surface area contributed by atoms with Crippen molar-refractivity contribution in [3.63, 3.8) is 0 Å². The number of carbonyl (C=O) groups is 1. The van der Waals surface area contributed by atoms with Crippen LogP contribution in [0.1, 0.15) is 52.9 Å². The third kappa shape index (κ3) is 4.33. The molecule has 134 valence electrons. The molecule has 0 aliphatic heterocycles. The van der Waals surface area contributed by atoms with Gasteiger partial charge in [-0.25, -0.2) is 0 Å². The van der Waals surface area contributed by atoms with Crippen LogP contribution in [0.5, 0.6) is 0 Å². The van der Waals surface area contributed by atoms with Crippen LogP contribution in [0.25, 0.3) is 0 Å². The second-order valence-electron chi connectivity index (χ2n) is 7.21. The molecule has 3 atom stereocenters. The highest BCUT2D eigenvalue weighted by Crippen LogP contribution is 2.51. The number of ether oxygens (including phenoxy) is 1. The van der Waals surface area contributed by atoms with Gasteiger partial charge in [0.2, 0.25) is 0 Å². The number of esters is 1. The summed E-state index contributed by atoms with van der Waals surface area (Å²) in [5.41, 5.74) is -0.264. The van der Waals surface area contributed by atoms with Gasteiger partial charge in [-0.3, -0.25) is 4.79 Å². The van der Waals surface area contributed by atoms with E-state index >= 15 is 0 Å². The zero-order valence-electron chi connectivity index (χ0n) is 14.8. The van der Waals surface area contributed by atoms with Crippen molar-refractivity contribution in [3.8, 4) is 0 Å². The van der Waals surface area contributed by atoms with Gasteiger partial charge in [0, 0.05) is 12.7 Å². The van der Waals surface area contributed by atoms with E-state index in [0.717, 1.165) is 43.3 Å². The van der Waals surface area contributed by atoms with Crippen LogP contribution in [0, 0.1) is 26.7 Å². The third-order valence-electron chi connectivity index (χ3n) is 5.52. The molecule has 1 aliphatic rings. The lowest BCUT2D eigenvalue weighted by Crippen LogP contribution is -2.49. The number of H-pyrrole nitrogens is 1. The van der Waals surface area contributed by atoms with Gasteiger partial charge in [-0.2, -0.15) is 0 Å². The van der Waals surface area contributed by atoms with Crippen LogP contribution < -0.4 is 0 Å². The Balaban J connectivity index is 1.60. The highest BCUT2D eigenvalue weighted by atomic mass is 32.1. The van der Waals surface area contributed by atoms with E-state index in [2.05, 4.69) is 18.8 Å². The van der Waals surface area contributed by atoms with Gasteiger partial charge in [-0.1, -0.05) is 32.5 Å². The van der Waals surface area contributed by atoms with Crippen LogP contribution in [0.15, 0.2) is 12.3 Å². The summed E-state index contributed by atoms with van der Waals surface area (Å²) in [6, 6.07) is 1.85. The van der Waals surface area contributed by atoms with Gasteiger partial charge in [0.15, 0.2) is 4.77 Å². The lowest BCUT2D eigenvalue weighted by Gasteiger charge is -2.48. The van der Waals surface area contributed by atoms with Crippen molar-refractivity contribution in [1.29, 1.82) is 0 Å². The third-order valence-corrected chi connectivity index (χ3v) is 6.22. The molecule has 1 aromatic heterocycles. The minimum Gasteiger partial charge on any atom is -0.465 e. The summed E-state index contributed by atoms with van der Waals surface area (Å²) >= 11 is 10.5. The fourth-order valence-electron chi connectivity index (χ4n) is 3.49. The summed E-state index contributed by atoms with van der Waals surface area (Å²) in [7, 11) is 0. The van der Waals surface area contributed by atoms with Crippen LogP contribution in [0.3, 0.4) is 0 Å². The van der Waals surface area contributed by atoms with E-state index in [-0.39, 0.29) is 11.4 Å². The number of aromatic amines is 1. The van der Waals surface area contributed by atoms with E-state index < -0.39 is 0 Å². The molecule has 1 fully saturated rings. The van der Waals surface area contributed by atoms with Gasteiger partial charge in [-0.15, -0.1) is 0 Å². The van der Waals surface area contributed by atoms with Gasteiger partial charge in [0.1, 0.15) is 4.64 Å². The SMILES string of the molecule is CC1CC(C)(C(=O)OCCCCCCn2c(=S)cc[nH]c2=S)C1C. The number of carbonyl (C=O) groups excluding carboxylic acids is 1. The zero-order chi connectivity index (χ0) is 17.7. The molecule has 1 aliphatic carbocycles. The molecule has 1 heterocycles. The summed E-state index contributed by atoms with van der Waals surface area (Å²) < 4.78 is 8.88. The monoisotopic (exact) mass is 368 g/mol. The largest absolute Gasteiger partial charge is 0.465 e. The summed E-state index contributed by atoms with van der Waals surface area (Å²) in [4.78, 5) is 15.2. The number of unbranched alkanes of at least 4 members (excludes halogenated alkanes) is 3. The molecule has 2 rings (SSSR count). The number of nitrogens with zero attached hydrogens (tertiary/aromatic N) is 1. The lowest BCUT2D eigenvalue weighted by molar-refractivity contribution is -0.170. The standard InChI is InChI=1S/C18H28N2O2S2/c1-13-12-18(3,14(13)2)16(21)22-11-7-5-4-6-10-20-15(23)8-9-19-17(20)24/h8-9,13-14H,4-7,10-12H2,1-3H3,(H,19,24). The van der Waals surface area contributed by atoms with Crippen molar-refractivity contribution < 1.29 is 9.53 Å². The fourth-order valence-corrected chi connectivity index (χ4v) is 4.05. The average Bonchev–Trinajstić information content (AvgIpc) is 2.55. The number of hydrogen-bond donors (Lipinski definition) is 1. The van der Waals surface area contributed by atoms with E-state index in [1.165, 1.54) is 0 Å². The lowest BCUT2D eigenvalue weighted by atomic mass is 9.56. The van der Waals surface area contributed by atoms with Gasteiger partial charge >= 0.3 is 5.97 Å². The quantitative estimate of drug-likeness (QED) is 0.396. The van der Waals surface area contributed by atoms with Crippen LogP contribution in [-0.4, -0.2) is 22.1 Å². The molecule has 0 aromatic carbocycles. The molecular weight excluding hydrogens is 340 g/mol. The summed E-state index contributed by atoms with van der Waals surface area (Å²) in [6.45, 7) is 7.75. The molecule has 0 bridgehead atoms. The summed E-state index contributed by atoms with van der Waals surface area (Å²) in [5.74, 6) is 1.03. The molecule has 6 heteroatoms. The molecular formula is C18H28N2O2S2. The minimum atomic E-state index is -0.264. The minimum absolute atomic E-state index is 0.0185. The van der Waals surface area contributed by atoms with Crippen LogP contribution in [0.4, 0.5) is 0 Å². The predicted molar refractivity (Wildman–Crippen MR) is 101 cm³/mol. The van der Waals surface area contributed by atoms with E-state index in [9.17, 15) is 4.79 Å². The topological polar surface area (TPSA) is 47.0 Å². The molecule has 0 amide bonds. The Labute approximate surface area is 154 Å². The Kier molecular flexibility index (Phi) is 6.75. The van der Waals surface area contributed by atoms with Crippen molar-refractivity contribution >= 4 is 30.4 Å². The average molecular weight is 369 g/mol. The Bertz CT molecular complexity index is 654. The molecule has 24 heavy (non-hydrogen) atoms. The van der Waals surface area contributed by atoms with E-state index in [0.29, 0.717) is 23.2 Å². The maximum atomic E-state index is 12.2. The first kappa shape index (κ1) is 19.3. The Morgan fingerprint density at radius 1 is 1.33 bits per heavy atom. The number of nitrogens with one attached hydrogen (secondary N) is 1. The Morgan fingerprint density at radius 3 is 2.67 bits per heavy atom. The number of aromatic nitrogens is 2. The van der Waals surface area contributed by atoms with Crippen LogP contribution >= 0.6 is 24.4 Å². The summed E-state index contributed by atoms with van der Waals surface area (Å²) in [5, 5.41) is 0. The van der Waals surface area contributed by atoms with Gasteiger partial charge in [0.05, 0.1) is 12.0 Å². The number of hydrogen-bond acceptors (Lipinski definition) is 4. The number of rotatable bonds is 8. The highest BCUT2D eigenvalue weighted by Gasteiger charge is 2.51. The van der Waals surface area contributed by atoms with Crippen molar-refractivity contribution in [1.82, 2.24) is 9.55 Å². The first-order valence-electron chi connectivity index (χ1n) is 8.82. The smallest absolute Gasteiger partial charge is 0.312 e. The first-order chi connectivity index (χ1) is 11.4. The molecule has 3 unspecified atom stereocenters. The van der Waals surface area contributed by atoms with Crippen molar-refractivity contribution in [2.24, 2.45) is 17.3 Å². The highest BCUT2D eigenvalue weighted by molar-refractivity contribution is 7.72. The van der Waals surface area contributed by atoms with Crippen molar-refractivity contribution in [3.05, 3.63) is 21.7 Å². The van der Waals surface area contributed by atoms with Crippen LogP contribution in [0.2, 0.25) is 0 Å². The van der Waals surface area contributed by atoms with Crippen molar-refractivity contribution in [2.75, 3.05) is 6.61 Å². The Morgan fingerprint density at radius 2 is 2.04 bits per heavy atom. The maximum Gasteiger partial charge on any atom is 0.312 e. The molecule has 1 N–H and O–H groups in total. The molecule has 0 saturated heterocycles. The van der Waals surface area contributed by atoms with Gasteiger partial charge < -0.3 is 14.3 Å². The molecule has 4 nitrogen and oxygen atoms in total. The Hall–Kier alpha value is -1.01. The maximum absolute atomic E-state index is 12.2. The van der Waals surface area contributed by atoms with E-state index in [1.54, 1.807) is 6.20 Å². The molecule has 1 aromatic rings. The first-order valence-corrected chi connectivity index (χ1v) is 9.63. The van der Waals surface area contributed by atoms with Crippen molar-refractivity contribution in [2.45, 2.75) is 59.4 Å². The fraction of sp³-hybridized carbons (Fsp3) is 0.722. The second kappa shape index (κ2) is 8.39.